The fourth-order valence-corrected chi connectivity index (χ4v) is 2.17. The van der Waals surface area contributed by atoms with Crippen LogP contribution in [0.25, 0.3) is 0 Å². The van der Waals surface area contributed by atoms with E-state index in [4.69, 9.17) is 10.5 Å². The highest BCUT2D eigenvalue weighted by Gasteiger charge is 2.09. The van der Waals surface area contributed by atoms with Gasteiger partial charge in [-0.2, -0.15) is 0 Å². The second-order valence-electron chi connectivity index (χ2n) is 6.52. The molecule has 0 fully saturated rings. The topological polar surface area (TPSA) is 50.1 Å². The Morgan fingerprint density at radius 1 is 1.10 bits per heavy atom. The molecule has 0 aliphatic carbocycles. The number of aryl methyl sites for hydroxylation is 2. The summed E-state index contributed by atoms with van der Waals surface area (Å²) in [5.74, 6) is 1.40. The minimum atomic E-state index is -0.686. The van der Waals surface area contributed by atoms with Gasteiger partial charge in [0.25, 0.3) is 5.91 Å². The molecule has 117 valence electrons. The molecular weight excluding hydrogens is 262 g/mol. The molecule has 21 heavy (non-hydrogen) atoms. The Morgan fingerprint density at radius 2 is 1.71 bits per heavy atom. The third-order valence-corrected chi connectivity index (χ3v) is 3.49. The van der Waals surface area contributed by atoms with E-state index in [1.54, 1.807) is 0 Å². The Bertz CT molecular complexity index is 453. The van der Waals surface area contributed by atoms with E-state index in [-0.39, 0.29) is 6.61 Å². The van der Waals surface area contributed by atoms with Crippen LogP contribution in [0.2, 0.25) is 0 Å². The molecule has 0 aliphatic heterocycles. The van der Waals surface area contributed by atoms with Gasteiger partial charge in [0, 0.05) is 0 Å². The number of rotatable bonds is 9. The van der Waals surface area contributed by atoms with Gasteiger partial charge < -0.3 is 4.74 Å². The number of amides is 1. The summed E-state index contributed by atoms with van der Waals surface area (Å²) in [6, 6.07) is 6.23. The van der Waals surface area contributed by atoms with Gasteiger partial charge in [0.15, 0.2) is 6.61 Å². The molecule has 0 unspecified atom stereocenters. The lowest BCUT2D eigenvalue weighted by molar-refractivity contribution is -0.120. The van der Waals surface area contributed by atoms with Crippen molar-refractivity contribution in [1.29, 1.82) is 0 Å². The maximum Gasteiger partial charge on any atom is 0.276 e. The van der Waals surface area contributed by atoms with Crippen molar-refractivity contribution in [2.24, 2.45) is 11.8 Å². The van der Waals surface area contributed by atoms with E-state index >= 15 is 0 Å². The number of hydrogen-bond acceptors (Lipinski definition) is 2. The van der Waals surface area contributed by atoms with E-state index < -0.39 is 5.91 Å². The highest BCUT2D eigenvalue weighted by molar-refractivity contribution is 5.74. The lowest BCUT2D eigenvalue weighted by atomic mass is 9.97. The summed E-state index contributed by atoms with van der Waals surface area (Å²) in [6.45, 7) is 8.71. The van der Waals surface area contributed by atoms with Crippen molar-refractivity contribution in [3.63, 3.8) is 0 Å². The second-order valence-corrected chi connectivity index (χ2v) is 6.52. The van der Waals surface area contributed by atoms with Crippen LogP contribution in [0.4, 0.5) is 0 Å². The molecule has 0 atom stereocenters. The van der Waals surface area contributed by atoms with Crippen LogP contribution in [0.1, 0.15) is 51.7 Å². The van der Waals surface area contributed by atoms with Crippen molar-refractivity contribution in [3.05, 3.63) is 29.3 Å². The van der Waals surface area contributed by atoms with Crippen LogP contribution in [0.15, 0.2) is 18.2 Å². The minimum Gasteiger partial charge on any atom is -0.483 e. The third-order valence-electron chi connectivity index (χ3n) is 3.49. The lowest BCUT2D eigenvalue weighted by Gasteiger charge is -2.14. The first-order valence-electron chi connectivity index (χ1n) is 7.87. The molecular formula is C18H28NO2. The average Bonchev–Trinajstić information content (AvgIpc) is 2.41. The summed E-state index contributed by atoms with van der Waals surface area (Å²) in [5.41, 5.74) is 9.44. The molecule has 0 aliphatic rings. The second kappa shape index (κ2) is 8.71. The molecule has 0 saturated carbocycles. The molecule has 0 heterocycles. The SMILES string of the molecule is CC(C)CCc1ccc(OCC([NH])=O)c(CCC(C)C)c1. The van der Waals surface area contributed by atoms with E-state index in [1.165, 1.54) is 12.0 Å². The Balaban J connectivity index is 2.82. The molecule has 0 aromatic heterocycles. The van der Waals surface area contributed by atoms with Crippen LogP contribution in [0.3, 0.4) is 0 Å². The van der Waals surface area contributed by atoms with Gasteiger partial charge >= 0.3 is 0 Å². The first kappa shape index (κ1) is 17.5. The van der Waals surface area contributed by atoms with Gasteiger partial charge in [-0.05, 0) is 54.7 Å². The Kier molecular flexibility index (Phi) is 7.27. The van der Waals surface area contributed by atoms with Gasteiger partial charge in [-0.25, -0.2) is 0 Å². The first-order valence-corrected chi connectivity index (χ1v) is 7.87. The summed E-state index contributed by atoms with van der Waals surface area (Å²) >= 11 is 0. The van der Waals surface area contributed by atoms with Gasteiger partial charge in [-0.1, -0.05) is 39.8 Å². The zero-order valence-corrected chi connectivity index (χ0v) is 13.7. The maximum atomic E-state index is 10.8. The van der Waals surface area contributed by atoms with Crippen molar-refractivity contribution in [2.45, 2.75) is 53.4 Å². The van der Waals surface area contributed by atoms with Crippen LogP contribution >= 0.6 is 0 Å². The molecule has 1 aromatic rings. The van der Waals surface area contributed by atoms with Crippen LogP contribution in [0, 0.1) is 11.8 Å². The van der Waals surface area contributed by atoms with Crippen LogP contribution < -0.4 is 10.5 Å². The monoisotopic (exact) mass is 290 g/mol. The highest BCUT2D eigenvalue weighted by atomic mass is 16.5. The smallest absolute Gasteiger partial charge is 0.276 e. The number of benzene rings is 1. The third kappa shape index (κ3) is 7.16. The van der Waals surface area contributed by atoms with Crippen molar-refractivity contribution in [3.8, 4) is 5.75 Å². The number of carbonyl (C=O) groups is 1. The molecule has 1 N–H and O–H groups in total. The van der Waals surface area contributed by atoms with Crippen molar-refractivity contribution >= 4 is 5.91 Å². The number of carbonyl (C=O) groups excluding carboxylic acids is 1. The predicted molar refractivity (Wildman–Crippen MR) is 86.4 cm³/mol. The van der Waals surface area contributed by atoms with Crippen LogP contribution in [-0.2, 0) is 17.6 Å². The van der Waals surface area contributed by atoms with E-state index in [1.807, 2.05) is 6.07 Å². The van der Waals surface area contributed by atoms with E-state index in [0.29, 0.717) is 11.8 Å². The molecule has 0 spiro atoms. The fourth-order valence-electron chi connectivity index (χ4n) is 2.17. The lowest BCUT2D eigenvalue weighted by Crippen LogP contribution is -2.12. The van der Waals surface area contributed by atoms with Crippen molar-refractivity contribution in [2.75, 3.05) is 6.61 Å². The Morgan fingerprint density at radius 3 is 2.29 bits per heavy atom. The summed E-state index contributed by atoms with van der Waals surface area (Å²) in [6.07, 6.45) is 4.30. The summed E-state index contributed by atoms with van der Waals surface area (Å²) in [7, 11) is 0. The highest BCUT2D eigenvalue weighted by Crippen LogP contribution is 2.24. The molecule has 0 bridgehead atoms. The van der Waals surface area contributed by atoms with E-state index in [0.717, 1.165) is 30.6 Å². The molecule has 1 aromatic carbocycles. The molecule has 1 amide bonds. The van der Waals surface area contributed by atoms with Gasteiger partial charge in [0.1, 0.15) is 5.75 Å². The van der Waals surface area contributed by atoms with Gasteiger partial charge in [-0.3, -0.25) is 10.5 Å². The molecule has 3 nitrogen and oxygen atoms in total. The normalized spacial score (nSPS) is 11.1. The molecule has 0 saturated heterocycles. The minimum absolute atomic E-state index is 0.167. The number of nitrogens with one attached hydrogen (secondary N) is 1. The van der Waals surface area contributed by atoms with Crippen LogP contribution in [0.5, 0.6) is 5.75 Å². The summed E-state index contributed by atoms with van der Waals surface area (Å²) < 4.78 is 5.47. The molecule has 1 rings (SSSR count). The van der Waals surface area contributed by atoms with E-state index in [2.05, 4.69) is 39.8 Å². The van der Waals surface area contributed by atoms with Crippen molar-refractivity contribution in [1.82, 2.24) is 5.73 Å². The maximum absolute atomic E-state index is 10.8. The summed E-state index contributed by atoms with van der Waals surface area (Å²) in [4.78, 5) is 10.8. The summed E-state index contributed by atoms with van der Waals surface area (Å²) in [5, 5.41) is 0. The molecule has 1 radical (unpaired) electrons. The quantitative estimate of drug-likeness (QED) is 0.689. The largest absolute Gasteiger partial charge is 0.483 e. The Hall–Kier alpha value is -1.51. The zero-order valence-electron chi connectivity index (χ0n) is 13.7. The van der Waals surface area contributed by atoms with Crippen molar-refractivity contribution < 1.29 is 9.53 Å². The van der Waals surface area contributed by atoms with Gasteiger partial charge in [-0.15, -0.1) is 0 Å². The fraction of sp³-hybridized carbons (Fsp3) is 0.611. The predicted octanol–water partition coefficient (Wildman–Crippen LogP) is 4.05. The van der Waals surface area contributed by atoms with E-state index in [9.17, 15) is 4.79 Å². The van der Waals surface area contributed by atoms with Crippen LogP contribution in [-0.4, -0.2) is 12.5 Å². The first-order chi connectivity index (χ1) is 9.88. The number of ether oxygens (including phenoxy) is 1. The Labute approximate surface area is 128 Å². The number of hydrogen-bond donors (Lipinski definition) is 0. The standard InChI is InChI=1S/C18H28NO2/c1-13(2)5-7-15-8-10-17(21-12-18(19)20)16(11-15)9-6-14(3)4/h8,10-11,13-14,19H,5-7,9,12H2,1-4H3. The average molecular weight is 290 g/mol. The molecule has 3 heteroatoms. The van der Waals surface area contributed by atoms with Gasteiger partial charge in [0.2, 0.25) is 0 Å². The zero-order chi connectivity index (χ0) is 15.8. The van der Waals surface area contributed by atoms with Gasteiger partial charge in [0.05, 0.1) is 0 Å².